The number of carbonyl (C=O) groups is 1. The second-order valence-electron chi connectivity index (χ2n) is 5.53. The van der Waals surface area contributed by atoms with Crippen molar-refractivity contribution < 1.29 is 9.53 Å². The molecule has 2 rings (SSSR count). The van der Waals surface area contributed by atoms with E-state index in [0.717, 1.165) is 30.1 Å². The number of ether oxygens (including phenoxy) is 1. The molecule has 0 amide bonds. The van der Waals surface area contributed by atoms with E-state index in [0.29, 0.717) is 6.61 Å². The maximum absolute atomic E-state index is 11.9. The monoisotopic (exact) mass is 282 g/mol. The fourth-order valence-corrected chi connectivity index (χ4v) is 3.35. The van der Waals surface area contributed by atoms with Gasteiger partial charge >= 0.3 is 5.97 Å². The quantitative estimate of drug-likeness (QED) is 0.842. The molecule has 0 spiro atoms. The number of anilines is 1. The van der Waals surface area contributed by atoms with E-state index in [1.165, 1.54) is 4.88 Å². The van der Waals surface area contributed by atoms with Crippen molar-refractivity contribution in [2.75, 3.05) is 11.9 Å². The Morgan fingerprint density at radius 2 is 2.26 bits per heavy atom. The first-order valence-corrected chi connectivity index (χ1v) is 7.73. The molecule has 1 unspecified atom stereocenters. The Kier molecular flexibility index (Phi) is 4.13. The molecule has 106 valence electrons. The normalized spacial score (nSPS) is 18.2. The van der Waals surface area contributed by atoms with Crippen molar-refractivity contribution in [2.24, 2.45) is 0 Å². The highest BCUT2D eigenvalue weighted by Gasteiger charge is 2.34. The predicted octanol–water partition coefficient (Wildman–Crippen LogP) is 3.34. The van der Waals surface area contributed by atoms with Gasteiger partial charge in [0.05, 0.1) is 12.3 Å². The minimum Gasteiger partial charge on any atom is -0.465 e. The van der Waals surface area contributed by atoms with Crippen LogP contribution in [0.2, 0.25) is 0 Å². The molecule has 0 saturated carbocycles. The second kappa shape index (κ2) is 5.49. The standard InChI is InChI=1S/C14H22N2O2S/c1-5-14(3,4)16-13-15-11-9(12(17)18-6-2)7-8-10(11)19-13/h9H,5-8H2,1-4H3,(H,15,16). The number of thiazole rings is 1. The number of esters is 1. The van der Waals surface area contributed by atoms with Gasteiger partial charge in [-0.05, 0) is 40.0 Å². The zero-order valence-electron chi connectivity index (χ0n) is 12.1. The maximum Gasteiger partial charge on any atom is 0.315 e. The highest BCUT2D eigenvalue weighted by molar-refractivity contribution is 7.15. The van der Waals surface area contributed by atoms with Crippen molar-refractivity contribution in [1.82, 2.24) is 4.98 Å². The van der Waals surface area contributed by atoms with Gasteiger partial charge in [0.2, 0.25) is 0 Å². The van der Waals surface area contributed by atoms with Gasteiger partial charge < -0.3 is 10.1 Å². The van der Waals surface area contributed by atoms with E-state index in [9.17, 15) is 4.79 Å². The lowest BCUT2D eigenvalue weighted by Gasteiger charge is -2.23. The zero-order chi connectivity index (χ0) is 14.0. The molecular weight excluding hydrogens is 260 g/mol. The van der Waals surface area contributed by atoms with E-state index in [4.69, 9.17) is 4.74 Å². The predicted molar refractivity (Wildman–Crippen MR) is 77.8 cm³/mol. The van der Waals surface area contributed by atoms with Gasteiger partial charge in [-0.3, -0.25) is 4.79 Å². The van der Waals surface area contributed by atoms with Gasteiger partial charge in [-0.15, -0.1) is 11.3 Å². The van der Waals surface area contributed by atoms with Gasteiger partial charge in [-0.1, -0.05) is 6.92 Å². The van der Waals surface area contributed by atoms with Crippen molar-refractivity contribution in [3.05, 3.63) is 10.6 Å². The first kappa shape index (κ1) is 14.3. The van der Waals surface area contributed by atoms with Crippen molar-refractivity contribution in [1.29, 1.82) is 0 Å². The number of carbonyl (C=O) groups excluding carboxylic acids is 1. The Hall–Kier alpha value is -1.10. The summed E-state index contributed by atoms with van der Waals surface area (Å²) >= 11 is 1.67. The van der Waals surface area contributed by atoms with E-state index in [1.807, 2.05) is 6.92 Å². The summed E-state index contributed by atoms with van der Waals surface area (Å²) in [5, 5.41) is 4.37. The van der Waals surface area contributed by atoms with E-state index in [2.05, 4.69) is 31.1 Å². The maximum atomic E-state index is 11.9. The molecular formula is C14H22N2O2S. The topological polar surface area (TPSA) is 51.2 Å². The third kappa shape index (κ3) is 3.08. The van der Waals surface area contributed by atoms with Gasteiger partial charge in [-0.25, -0.2) is 4.98 Å². The Morgan fingerprint density at radius 1 is 1.53 bits per heavy atom. The summed E-state index contributed by atoms with van der Waals surface area (Å²) < 4.78 is 5.12. The van der Waals surface area contributed by atoms with Crippen LogP contribution >= 0.6 is 11.3 Å². The minimum atomic E-state index is -0.161. The van der Waals surface area contributed by atoms with Gasteiger partial charge in [-0.2, -0.15) is 0 Å². The van der Waals surface area contributed by atoms with Gasteiger partial charge in [0.15, 0.2) is 5.13 Å². The molecule has 0 saturated heterocycles. The highest BCUT2D eigenvalue weighted by atomic mass is 32.1. The van der Waals surface area contributed by atoms with E-state index in [1.54, 1.807) is 11.3 Å². The van der Waals surface area contributed by atoms with E-state index in [-0.39, 0.29) is 17.4 Å². The van der Waals surface area contributed by atoms with E-state index < -0.39 is 0 Å². The van der Waals surface area contributed by atoms with Crippen LogP contribution < -0.4 is 5.32 Å². The third-order valence-corrected chi connectivity index (χ3v) is 4.66. The summed E-state index contributed by atoms with van der Waals surface area (Å²) in [6.07, 6.45) is 2.80. The third-order valence-electron chi connectivity index (χ3n) is 3.62. The molecule has 1 N–H and O–H groups in total. The molecule has 1 aliphatic rings. The molecule has 0 aromatic carbocycles. The van der Waals surface area contributed by atoms with Crippen molar-refractivity contribution in [3.63, 3.8) is 0 Å². The van der Waals surface area contributed by atoms with Crippen LogP contribution in [-0.4, -0.2) is 23.1 Å². The molecule has 0 fully saturated rings. The van der Waals surface area contributed by atoms with E-state index >= 15 is 0 Å². The zero-order valence-corrected chi connectivity index (χ0v) is 12.9. The van der Waals surface area contributed by atoms with Crippen molar-refractivity contribution in [3.8, 4) is 0 Å². The first-order valence-electron chi connectivity index (χ1n) is 6.91. The van der Waals surface area contributed by atoms with Crippen molar-refractivity contribution in [2.45, 2.75) is 58.4 Å². The molecule has 1 heterocycles. The summed E-state index contributed by atoms with van der Waals surface area (Å²) in [6.45, 7) is 8.73. The highest BCUT2D eigenvalue weighted by Crippen LogP contribution is 2.39. The molecule has 0 aliphatic heterocycles. The SMILES string of the molecule is CCOC(=O)C1CCc2sc(NC(C)(C)CC)nc21. The Balaban J connectivity index is 2.14. The minimum absolute atomic E-state index is 0.0328. The molecule has 1 aromatic heterocycles. The number of nitrogens with zero attached hydrogens (tertiary/aromatic N) is 1. The van der Waals surface area contributed by atoms with Crippen LogP contribution in [0.5, 0.6) is 0 Å². The Morgan fingerprint density at radius 3 is 2.89 bits per heavy atom. The molecule has 1 atom stereocenters. The molecule has 0 bridgehead atoms. The smallest absolute Gasteiger partial charge is 0.315 e. The van der Waals surface area contributed by atoms with Crippen LogP contribution in [0, 0.1) is 0 Å². The van der Waals surface area contributed by atoms with Gasteiger partial charge in [0, 0.05) is 10.4 Å². The first-order chi connectivity index (χ1) is 8.96. The summed E-state index contributed by atoms with van der Waals surface area (Å²) in [6, 6.07) is 0. The Labute approximate surface area is 118 Å². The summed E-state index contributed by atoms with van der Waals surface area (Å²) in [5.74, 6) is -0.292. The molecule has 0 radical (unpaired) electrons. The summed E-state index contributed by atoms with van der Waals surface area (Å²) in [7, 11) is 0. The number of aromatic nitrogens is 1. The number of rotatable bonds is 5. The summed E-state index contributed by atoms with van der Waals surface area (Å²) in [4.78, 5) is 17.7. The molecule has 4 nitrogen and oxygen atoms in total. The lowest BCUT2D eigenvalue weighted by molar-refractivity contribution is -0.145. The lowest BCUT2D eigenvalue weighted by Crippen LogP contribution is -2.29. The van der Waals surface area contributed by atoms with Crippen molar-refractivity contribution >= 4 is 22.4 Å². The van der Waals surface area contributed by atoms with Crippen LogP contribution in [0.4, 0.5) is 5.13 Å². The average molecular weight is 282 g/mol. The number of nitrogens with one attached hydrogen (secondary N) is 1. The van der Waals surface area contributed by atoms with Crippen LogP contribution in [-0.2, 0) is 16.0 Å². The molecule has 1 aromatic rings. The molecule has 1 aliphatic carbocycles. The average Bonchev–Trinajstić information content (AvgIpc) is 2.88. The number of hydrogen-bond acceptors (Lipinski definition) is 5. The molecule has 19 heavy (non-hydrogen) atoms. The second-order valence-corrected chi connectivity index (χ2v) is 6.62. The van der Waals surface area contributed by atoms with Gasteiger partial charge in [0.25, 0.3) is 0 Å². The van der Waals surface area contributed by atoms with Crippen LogP contribution in [0.15, 0.2) is 0 Å². The summed E-state index contributed by atoms with van der Waals surface area (Å²) in [5.41, 5.74) is 0.961. The number of hydrogen-bond donors (Lipinski definition) is 1. The lowest BCUT2D eigenvalue weighted by atomic mass is 10.0. The van der Waals surface area contributed by atoms with Crippen LogP contribution in [0.3, 0.4) is 0 Å². The fourth-order valence-electron chi connectivity index (χ4n) is 2.13. The number of fused-ring (bicyclic) bond motifs is 1. The largest absolute Gasteiger partial charge is 0.465 e. The number of aryl methyl sites for hydroxylation is 1. The van der Waals surface area contributed by atoms with Gasteiger partial charge in [0.1, 0.15) is 5.92 Å². The van der Waals surface area contributed by atoms with Crippen LogP contribution in [0.1, 0.15) is 57.0 Å². The molecule has 5 heteroatoms. The fraction of sp³-hybridized carbons (Fsp3) is 0.714. The Bertz CT molecular complexity index is 468. The van der Waals surface area contributed by atoms with Crippen LogP contribution in [0.25, 0.3) is 0 Å².